The Bertz CT molecular complexity index is 453. The Morgan fingerprint density at radius 1 is 1.33 bits per heavy atom. The summed E-state index contributed by atoms with van der Waals surface area (Å²) < 4.78 is 14.7. The maximum absolute atomic E-state index is 14.2. The molecule has 1 aliphatic carbocycles. The molecule has 4 heteroatoms. The van der Waals surface area contributed by atoms with E-state index in [1.165, 1.54) is 0 Å². The van der Waals surface area contributed by atoms with E-state index >= 15 is 0 Å². The highest BCUT2D eigenvalue weighted by atomic mass is 79.9. The predicted molar refractivity (Wildman–Crippen MR) is 75.2 cm³/mol. The van der Waals surface area contributed by atoms with Crippen molar-refractivity contribution in [3.63, 3.8) is 0 Å². The molecule has 0 aromatic heterocycles. The second-order valence-corrected chi connectivity index (χ2v) is 6.84. The molecule has 0 amide bonds. The fraction of sp³-hybridized carbons (Fsp3) is 0.571. The highest BCUT2D eigenvalue weighted by Gasteiger charge is 2.39. The van der Waals surface area contributed by atoms with Crippen LogP contribution in [0.1, 0.15) is 38.7 Å². The third kappa shape index (κ3) is 2.59. The predicted octanol–water partition coefficient (Wildman–Crippen LogP) is 4.89. The van der Waals surface area contributed by atoms with Gasteiger partial charge in [-0.05, 0) is 53.1 Å². The lowest BCUT2D eigenvalue weighted by Gasteiger charge is -2.39. The van der Waals surface area contributed by atoms with Crippen molar-refractivity contribution in [2.24, 2.45) is 11.8 Å². The molecule has 0 saturated heterocycles. The summed E-state index contributed by atoms with van der Waals surface area (Å²) in [6.07, 6.45) is 2.26. The average Bonchev–Trinajstić information content (AvgIpc) is 2.23. The normalized spacial score (nSPS) is 32.6. The summed E-state index contributed by atoms with van der Waals surface area (Å²) >= 11 is 9.10. The van der Waals surface area contributed by atoms with Gasteiger partial charge in [0.2, 0.25) is 0 Å². The Morgan fingerprint density at radius 3 is 2.44 bits per heavy atom. The SMILES string of the molecule is CC1CC(C)CC(O)(c2ccc(Br)c(Cl)c2F)C1. The van der Waals surface area contributed by atoms with E-state index in [-0.39, 0.29) is 5.02 Å². The molecule has 1 aromatic rings. The second kappa shape index (κ2) is 5.10. The lowest BCUT2D eigenvalue weighted by molar-refractivity contribution is -0.0388. The van der Waals surface area contributed by atoms with Gasteiger partial charge in [0, 0.05) is 10.0 Å². The van der Waals surface area contributed by atoms with Crippen LogP contribution in [-0.4, -0.2) is 5.11 Å². The summed E-state index contributed by atoms with van der Waals surface area (Å²) in [5.41, 5.74) is -0.764. The molecule has 2 unspecified atom stereocenters. The topological polar surface area (TPSA) is 20.2 Å². The van der Waals surface area contributed by atoms with Crippen LogP contribution in [0.2, 0.25) is 5.02 Å². The minimum Gasteiger partial charge on any atom is -0.385 e. The number of benzene rings is 1. The molecule has 1 N–H and O–H groups in total. The van der Waals surface area contributed by atoms with Crippen molar-refractivity contribution >= 4 is 27.5 Å². The van der Waals surface area contributed by atoms with Gasteiger partial charge in [-0.25, -0.2) is 4.39 Å². The first-order valence-corrected chi connectivity index (χ1v) is 7.37. The van der Waals surface area contributed by atoms with Gasteiger partial charge in [0.25, 0.3) is 0 Å². The zero-order valence-electron chi connectivity index (χ0n) is 10.5. The van der Waals surface area contributed by atoms with Gasteiger partial charge in [-0.1, -0.05) is 31.5 Å². The molecule has 100 valence electrons. The van der Waals surface area contributed by atoms with E-state index in [9.17, 15) is 9.50 Å². The summed E-state index contributed by atoms with van der Waals surface area (Å²) in [5, 5.41) is 10.8. The van der Waals surface area contributed by atoms with Crippen molar-refractivity contribution in [2.75, 3.05) is 0 Å². The van der Waals surface area contributed by atoms with Crippen molar-refractivity contribution < 1.29 is 9.50 Å². The molecule has 1 fully saturated rings. The van der Waals surface area contributed by atoms with E-state index in [1.807, 2.05) is 0 Å². The van der Waals surface area contributed by atoms with E-state index in [0.717, 1.165) is 6.42 Å². The molecule has 0 bridgehead atoms. The van der Waals surface area contributed by atoms with Crippen molar-refractivity contribution in [2.45, 2.75) is 38.7 Å². The molecule has 18 heavy (non-hydrogen) atoms. The lowest BCUT2D eigenvalue weighted by atomic mass is 9.70. The quantitative estimate of drug-likeness (QED) is 0.725. The molecule has 0 heterocycles. The molecular formula is C14H17BrClFO. The average molecular weight is 336 g/mol. The van der Waals surface area contributed by atoms with E-state index in [1.54, 1.807) is 12.1 Å². The number of aliphatic hydroxyl groups is 1. The molecule has 1 nitrogen and oxygen atoms in total. The van der Waals surface area contributed by atoms with E-state index in [4.69, 9.17) is 11.6 Å². The zero-order chi connectivity index (χ0) is 13.5. The molecule has 1 aliphatic rings. The molecular weight excluding hydrogens is 319 g/mol. The molecule has 1 saturated carbocycles. The van der Waals surface area contributed by atoms with Crippen LogP contribution in [0.3, 0.4) is 0 Å². The van der Waals surface area contributed by atoms with Crippen LogP contribution in [0.4, 0.5) is 4.39 Å². The fourth-order valence-corrected chi connectivity index (χ4v) is 3.67. The van der Waals surface area contributed by atoms with Crippen LogP contribution in [0.25, 0.3) is 0 Å². The number of halogens is 3. The third-order valence-corrected chi connectivity index (χ3v) is 4.97. The number of rotatable bonds is 1. The van der Waals surface area contributed by atoms with Gasteiger partial charge in [0.15, 0.2) is 0 Å². The summed E-state index contributed by atoms with van der Waals surface area (Å²) in [6.45, 7) is 4.19. The Hall–Kier alpha value is -0.120. The van der Waals surface area contributed by atoms with Gasteiger partial charge in [-0.15, -0.1) is 0 Å². The third-order valence-electron chi connectivity index (χ3n) is 3.71. The minimum absolute atomic E-state index is 0.0480. The summed E-state index contributed by atoms with van der Waals surface area (Å²) in [7, 11) is 0. The fourth-order valence-electron chi connectivity index (χ4n) is 3.20. The highest BCUT2D eigenvalue weighted by Crippen LogP contribution is 2.44. The second-order valence-electron chi connectivity index (χ2n) is 5.61. The van der Waals surface area contributed by atoms with Crippen LogP contribution in [-0.2, 0) is 5.60 Å². The van der Waals surface area contributed by atoms with Crippen molar-refractivity contribution in [3.8, 4) is 0 Å². The Morgan fingerprint density at radius 2 is 1.89 bits per heavy atom. The van der Waals surface area contributed by atoms with Crippen LogP contribution in [0, 0.1) is 17.7 Å². The van der Waals surface area contributed by atoms with Crippen molar-refractivity contribution in [1.82, 2.24) is 0 Å². The first-order chi connectivity index (χ1) is 8.33. The van der Waals surface area contributed by atoms with E-state index in [2.05, 4.69) is 29.8 Å². The van der Waals surface area contributed by atoms with Crippen LogP contribution >= 0.6 is 27.5 Å². The summed E-state index contributed by atoms with van der Waals surface area (Å²) in [5.74, 6) is 0.274. The highest BCUT2D eigenvalue weighted by molar-refractivity contribution is 9.10. The largest absolute Gasteiger partial charge is 0.385 e. The maximum atomic E-state index is 14.2. The van der Waals surface area contributed by atoms with Gasteiger partial charge < -0.3 is 5.11 Å². The van der Waals surface area contributed by atoms with Gasteiger partial charge in [-0.2, -0.15) is 0 Å². The minimum atomic E-state index is -1.09. The van der Waals surface area contributed by atoms with Gasteiger partial charge in [0.05, 0.1) is 10.6 Å². The lowest BCUT2D eigenvalue weighted by Crippen LogP contribution is -2.36. The maximum Gasteiger partial charge on any atom is 0.149 e. The Kier molecular flexibility index (Phi) is 4.05. The van der Waals surface area contributed by atoms with Crippen LogP contribution in [0.15, 0.2) is 16.6 Å². The standard InChI is InChI=1S/C14H17BrClFO/c1-8-5-9(2)7-14(18,6-8)10-3-4-11(15)12(16)13(10)17/h3-4,8-9,18H,5-7H2,1-2H3. The zero-order valence-corrected chi connectivity index (χ0v) is 12.9. The summed E-state index contributed by atoms with van der Waals surface area (Å²) in [6, 6.07) is 3.33. The van der Waals surface area contributed by atoms with Gasteiger partial charge in [-0.3, -0.25) is 0 Å². The van der Waals surface area contributed by atoms with Crippen molar-refractivity contribution in [3.05, 3.63) is 33.0 Å². The molecule has 0 radical (unpaired) electrons. The molecule has 2 atom stereocenters. The van der Waals surface area contributed by atoms with Crippen LogP contribution < -0.4 is 0 Å². The van der Waals surface area contributed by atoms with Gasteiger partial charge in [0.1, 0.15) is 5.82 Å². The number of hydrogen-bond donors (Lipinski definition) is 1. The van der Waals surface area contributed by atoms with Gasteiger partial charge >= 0.3 is 0 Å². The van der Waals surface area contributed by atoms with Crippen LogP contribution in [0.5, 0.6) is 0 Å². The van der Waals surface area contributed by atoms with Crippen molar-refractivity contribution in [1.29, 1.82) is 0 Å². The molecule has 0 spiro atoms. The van der Waals surface area contributed by atoms with E-state index in [0.29, 0.717) is 34.7 Å². The Labute approximate surface area is 120 Å². The first kappa shape index (κ1) is 14.3. The monoisotopic (exact) mass is 334 g/mol. The molecule has 1 aromatic carbocycles. The smallest absolute Gasteiger partial charge is 0.149 e. The van der Waals surface area contributed by atoms with E-state index < -0.39 is 11.4 Å². The number of hydrogen-bond acceptors (Lipinski definition) is 1. The molecule has 0 aliphatic heterocycles. The first-order valence-electron chi connectivity index (χ1n) is 6.20. The summed E-state index contributed by atoms with van der Waals surface area (Å²) in [4.78, 5) is 0. The Balaban J connectivity index is 2.44. The molecule has 2 rings (SSSR count).